The molecule has 2 aromatic heterocycles. The molecule has 0 unspecified atom stereocenters. The summed E-state index contributed by atoms with van der Waals surface area (Å²) in [5.74, 6) is 0.406. The minimum absolute atomic E-state index is 0.114. The van der Waals surface area contributed by atoms with Crippen molar-refractivity contribution < 1.29 is 4.79 Å². The van der Waals surface area contributed by atoms with Gasteiger partial charge in [-0.25, -0.2) is 4.98 Å². The Kier molecular flexibility index (Phi) is 5.55. The summed E-state index contributed by atoms with van der Waals surface area (Å²) in [6.45, 7) is 4.22. The topological polar surface area (TPSA) is 66.1 Å². The molecule has 1 saturated heterocycles. The first-order chi connectivity index (χ1) is 13.5. The van der Waals surface area contributed by atoms with Gasteiger partial charge in [0.25, 0.3) is 5.56 Å². The summed E-state index contributed by atoms with van der Waals surface area (Å²) in [6, 6.07) is 10.4. The van der Waals surface area contributed by atoms with Crippen LogP contribution in [0.2, 0.25) is 0 Å². The predicted octanol–water partition coefficient (Wildman–Crippen LogP) is 4.53. The van der Waals surface area contributed by atoms with Crippen LogP contribution in [0.3, 0.4) is 0 Å². The minimum atomic E-state index is -0.153. The number of piperidine rings is 1. The van der Waals surface area contributed by atoms with Crippen molar-refractivity contribution in [1.82, 2.24) is 14.9 Å². The number of hydrogen-bond acceptors (Lipinski definition) is 5. The summed E-state index contributed by atoms with van der Waals surface area (Å²) < 4.78 is 0. The Balaban J connectivity index is 1.54. The lowest BCUT2D eigenvalue weighted by Crippen LogP contribution is -2.48. The molecular weight excluding hydrogens is 390 g/mol. The number of likely N-dealkylation sites (tertiary alicyclic amines) is 1. The van der Waals surface area contributed by atoms with E-state index < -0.39 is 0 Å². The number of carbonyl (C=O) groups excluding carboxylic acids is 1. The number of H-pyrrole nitrogens is 1. The van der Waals surface area contributed by atoms with Gasteiger partial charge in [-0.3, -0.25) is 9.59 Å². The first kappa shape index (κ1) is 19.2. The fourth-order valence-corrected chi connectivity index (χ4v) is 5.68. The average molecular weight is 414 g/mol. The van der Waals surface area contributed by atoms with E-state index in [4.69, 9.17) is 0 Å². The van der Waals surface area contributed by atoms with Crippen molar-refractivity contribution in [1.29, 1.82) is 0 Å². The molecule has 1 aliphatic rings. The first-order valence-electron chi connectivity index (χ1n) is 9.55. The van der Waals surface area contributed by atoms with Gasteiger partial charge in [-0.15, -0.1) is 11.3 Å². The molecular formula is C21H23N3O2S2. The Morgan fingerprint density at radius 3 is 2.68 bits per heavy atom. The lowest BCUT2D eigenvalue weighted by Gasteiger charge is -2.39. The highest BCUT2D eigenvalue weighted by molar-refractivity contribution is 7.99. The minimum Gasteiger partial charge on any atom is -0.337 e. The average Bonchev–Trinajstić information content (AvgIpc) is 3.11. The zero-order chi connectivity index (χ0) is 19.7. The summed E-state index contributed by atoms with van der Waals surface area (Å²) in [4.78, 5) is 35.6. The van der Waals surface area contributed by atoms with E-state index in [1.165, 1.54) is 29.5 Å². The number of rotatable bonds is 4. The van der Waals surface area contributed by atoms with Crippen LogP contribution < -0.4 is 5.56 Å². The van der Waals surface area contributed by atoms with Crippen LogP contribution in [0.5, 0.6) is 0 Å². The second-order valence-electron chi connectivity index (χ2n) is 7.29. The normalized spacial score (nSPS) is 19.9. The maximum atomic E-state index is 12.7. The van der Waals surface area contributed by atoms with Crippen LogP contribution in [0.4, 0.5) is 0 Å². The predicted molar refractivity (Wildman–Crippen MR) is 116 cm³/mol. The number of benzene rings is 1. The highest BCUT2D eigenvalue weighted by Gasteiger charge is 2.28. The van der Waals surface area contributed by atoms with Crippen molar-refractivity contribution in [2.24, 2.45) is 0 Å². The molecule has 1 amide bonds. The second-order valence-corrected chi connectivity index (χ2v) is 9.11. The number of carbonyl (C=O) groups is 1. The number of aromatic amines is 1. The largest absolute Gasteiger partial charge is 0.337 e. The highest BCUT2D eigenvalue weighted by Crippen LogP contribution is 2.31. The molecule has 1 N–H and O–H groups in total. The maximum Gasteiger partial charge on any atom is 0.260 e. The molecule has 28 heavy (non-hydrogen) atoms. The van der Waals surface area contributed by atoms with E-state index in [1.54, 1.807) is 0 Å². The Hall–Kier alpha value is -2.12. The fraction of sp³-hybridized carbons (Fsp3) is 0.381. The second kappa shape index (κ2) is 8.09. The zero-order valence-electron chi connectivity index (χ0n) is 16.0. The summed E-state index contributed by atoms with van der Waals surface area (Å²) >= 11 is 2.77. The fourth-order valence-electron chi connectivity index (χ4n) is 3.95. The molecule has 0 bridgehead atoms. The van der Waals surface area contributed by atoms with Crippen LogP contribution in [0.25, 0.3) is 21.3 Å². The van der Waals surface area contributed by atoms with Gasteiger partial charge in [0.05, 0.1) is 11.1 Å². The zero-order valence-corrected chi connectivity index (χ0v) is 17.6. The van der Waals surface area contributed by atoms with Crippen molar-refractivity contribution in [3.8, 4) is 11.1 Å². The number of amides is 1. The SMILES string of the molecule is C[C@@H]1CCC[C@H](C)N1C(=O)CSc1nc2scc(-c3ccccc3)c2c(=O)[nH]1. The molecule has 4 rings (SSSR count). The van der Waals surface area contributed by atoms with Gasteiger partial charge in [0, 0.05) is 23.0 Å². The van der Waals surface area contributed by atoms with Crippen molar-refractivity contribution in [3.63, 3.8) is 0 Å². The van der Waals surface area contributed by atoms with E-state index in [1.807, 2.05) is 40.6 Å². The van der Waals surface area contributed by atoms with Crippen LogP contribution in [0, 0.1) is 0 Å². The summed E-state index contributed by atoms with van der Waals surface area (Å²) in [6.07, 6.45) is 3.28. The van der Waals surface area contributed by atoms with E-state index in [9.17, 15) is 9.59 Å². The van der Waals surface area contributed by atoms with Gasteiger partial charge in [-0.05, 0) is 38.7 Å². The molecule has 5 nitrogen and oxygen atoms in total. The molecule has 146 valence electrons. The van der Waals surface area contributed by atoms with Crippen LogP contribution in [0.1, 0.15) is 33.1 Å². The Morgan fingerprint density at radius 1 is 1.25 bits per heavy atom. The summed E-state index contributed by atoms with van der Waals surface area (Å²) in [5.41, 5.74) is 1.75. The first-order valence-corrected chi connectivity index (χ1v) is 11.4. The maximum absolute atomic E-state index is 12.7. The summed E-state index contributed by atoms with van der Waals surface area (Å²) in [5, 5.41) is 3.09. The molecule has 0 aliphatic carbocycles. The lowest BCUT2D eigenvalue weighted by molar-refractivity contribution is -0.134. The number of hydrogen-bond donors (Lipinski definition) is 1. The van der Waals surface area contributed by atoms with E-state index in [2.05, 4.69) is 23.8 Å². The third-order valence-corrected chi connectivity index (χ3v) is 7.05. The van der Waals surface area contributed by atoms with Crippen molar-refractivity contribution >= 4 is 39.2 Å². The smallest absolute Gasteiger partial charge is 0.260 e. The van der Waals surface area contributed by atoms with Crippen molar-refractivity contribution in [2.75, 3.05) is 5.75 Å². The van der Waals surface area contributed by atoms with Gasteiger partial charge >= 0.3 is 0 Å². The van der Waals surface area contributed by atoms with Gasteiger partial charge < -0.3 is 9.88 Å². The van der Waals surface area contributed by atoms with Crippen LogP contribution in [-0.2, 0) is 4.79 Å². The number of thiophene rings is 1. The molecule has 1 aliphatic heterocycles. The summed E-state index contributed by atoms with van der Waals surface area (Å²) in [7, 11) is 0. The number of fused-ring (bicyclic) bond motifs is 1. The Morgan fingerprint density at radius 2 is 1.96 bits per heavy atom. The lowest BCUT2D eigenvalue weighted by atomic mass is 9.98. The Labute approximate surface area is 172 Å². The number of nitrogens with one attached hydrogen (secondary N) is 1. The number of aromatic nitrogens is 2. The molecule has 1 fully saturated rings. The number of nitrogens with zero attached hydrogens (tertiary/aromatic N) is 2. The van der Waals surface area contributed by atoms with Gasteiger partial charge in [0.2, 0.25) is 5.91 Å². The molecule has 1 aromatic carbocycles. The standard InChI is InChI=1S/C21H23N3O2S2/c1-13-7-6-8-14(2)24(13)17(25)12-28-21-22-19(26)18-16(11-27-20(18)23-21)15-9-4-3-5-10-15/h3-5,9-11,13-14H,6-8,12H2,1-2H3,(H,22,23,26)/t13-,14+. The molecule has 0 radical (unpaired) electrons. The van der Waals surface area contributed by atoms with Crippen molar-refractivity contribution in [3.05, 3.63) is 46.1 Å². The van der Waals surface area contributed by atoms with Crippen LogP contribution in [0.15, 0.2) is 45.7 Å². The quantitative estimate of drug-likeness (QED) is 0.504. The highest BCUT2D eigenvalue weighted by atomic mass is 32.2. The van der Waals surface area contributed by atoms with Gasteiger partial charge in [-0.2, -0.15) is 0 Å². The van der Waals surface area contributed by atoms with Gasteiger partial charge in [-0.1, -0.05) is 42.1 Å². The van der Waals surface area contributed by atoms with E-state index in [0.717, 1.165) is 24.0 Å². The monoisotopic (exact) mass is 413 g/mol. The molecule has 0 saturated carbocycles. The van der Waals surface area contributed by atoms with E-state index in [-0.39, 0.29) is 23.6 Å². The molecule has 0 spiro atoms. The van der Waals surface area contributed by atoms with Gasteiger partial charge in [0.15, 0.2) is 5.16 Å². The van der Waals surface area contributed by atoms with Crippen molar-refractivity contribution in [2.45, 2.75) is 50.4 Å². The third-order valence-electron chi connectivity index (χ3n) is 5.32. The molecule has 3 aromatic rings. The molecule has 7 heteroatoms. The van der Waals surface area contributed by atoms with Crippen LogP contribution in [-0.4, -0.2) is 38.6 Å². The Bertz CT molecular complexity index is 1030. The van der Waals surface area contributed by atoms with Gasteiger partial charge in [0.1, 0.15) is 4.83 Å². The molecule has 2 atom stereocenters. The molecule has 3 heterocycles. The van der Waals surface area contributed by atoms with Crippen LogP contribution >= 0.6 is 23.1 Å². The van der Waals surface area contributed by atoms with E-state index in [0.29, 0.717) is 21.1 Å². The number of thioether (sulfide) groups is 1. The van der Waals surface area contributed by atoms with E-state index >= 15 is 0 Å². The third kappa shape index (κ3) is 3.73.